The molecule has 1 fully saturated rings. The van der Waals surface area contributed by atoms with Crippen molar-refractivity contribution in [1.29, 1.82) is 0 Å². The van der Waals surface area contributed by atoms with Gasteiger partial charge in [-0.25, -0.2) is 4.79 Å². The minimum absolute atomic E-state index is 0.0230. The first-order valence-electron chi connectivity index (χ1n) is 6.72. The number of carboxylic acids is 1. The lowest BCUT2D eigenvalue weighted by Crippen LogP contribution is -2.46. The highest BCUT2D eigenvalue weighted by molar-refractivity contribution is 6.30. The molecule has 1 saturated heterocycles. The molecular weight excluding hydrogens is 292 g/mol. The minimum Gasteiger partial charge on any atom is -0.475 e. The zero-order valence-electron chi connectivity index (χ0n) is 11.3. The number of carboxylic acid groups (broad SMARTS) is 1. The van der Waals surface area contributed by atoms with E-state index in [0.29, 0.717) is 5.88 Å². The molecule has 110 valence electrons. The quantitative estimate of drug-likeness (QED) is 0.945. The summed E-state index contributed by atoms with van der Waals surface area (Å²) in [6, 6.07) is 11.0. The molecule has 0 spiro atoms. The molecule has 0 aliphatic carbocycles. The first-order chi connectivity index (χ1) is 10.1. The summed E-state index contributed by atoms with van der Waals surface area (Å²) in [5.74, 6) is -0.450. The van der Waals surface area contributed by atoms with E-state index in [1.807, 2.05) is 24.3 Å². The highest BCUT2D eigenvalue weighted by atomic mass is 35.5. The fourth-order valence-corrected chi connectivity index (χ4v) is 2.58. The number of furan rings is 1. The number of rotatable bonds is 3. The van der Waals surface area contributed by atoms with Crippen LogP contribution in [-0.4, -0.2) is 37.3 Å². The van der Waals surface area contributed by atoms with Crippen molar-refractivity contribution in [1.82, 2.24) is 0 Å². The Kier molecular flexibility index (Phi) is 3.75. The van der Waals surface area contributed by atoms with Crippen LogP contribution in [0.25, 0.3) is 0 Å². The van der Waals surface area contributed by atoms with E-state index in [1.165, 1.54) is 6.07 Å². The summed E-state index contributed by atoms with van der Waals surface area (Å²) < 4.78 is 5.33. The third kappa shape index (κ3) is 2.97. The van der Waals surface area contributed by atoms with Crippen molar-refractivity contribution in [2.75, 3.05) is 36.0 Å². The monoisotopic (exact) mass is 306 g/mol. The Bertz CT molecular complexity index is 631. The third-order valence-electron chi connectivity index (χ3n) is 3.59. The van der Waals surface area contributed by atoms with Crippen LogP contribution in [0.3, 0.4) is 0 Å². The van der Waals surface area contributed by atoms with Crippen molar-refractivity contribution in [3.05, 3.63) is 47.2 Å². The van der Waals surface area contributed by atoms with Crippen molar-refractivity contribution in [3.63, 3.8) is 0 Å². The molecule has 2 heterocycles. The van der Waals surface area contributed by atoms with Crippen LogP contribution in [0.2, 0.25) is 5.02 Å². The van der Waals surface area contributed by atoms with Gasteiger partial charge in [-0.05, 0) is 30.3 Å². The second-order valence-corrected chi connectivity index (χ2v) is 5.33. The first-order valence-corrected chi connectivity index (χ1v) is 7.10. The molecule has 6 heteroatoms. The molecule has 1 aliphatic heterocycles. The molecule has 0 radical (unpaired) electrons. The Labute approximate surface area is 127 Å². The average molecular weight is 307 g/mol. The predicted octanol–water partition coefficient (Wildman–Crippen LogP) is 2.96. The normalized spacial score (nSPS) is 15.3. The molecular formula is C15H15ClN2O3. The number of hydrogen-bond donors (Lipinski definition) is 1. The lowest BCUT2D eigenvalue weighted by Gasteiger charge is -2.36. The summed E-state index contributed by atoms with van der Waals surface area (Å²) in [7, 11) is 0. The number of carbonyl (C=O) groups is 1. The Morgan fingerprint density at radius 1 is 1.00 bits per heavy atom. The van der Waals surface area contributed by atoms with Gasteiger partial charge in [-0.2, -0.15) is 0 Å². The largest absolute Gasteiger partial charge is 0.475 e. The number of halogens is 1. The molecule has 0 unspecified atom stereocenters. The Morgan fingerprint density at radius 3 is 2.19 bits per heavy atom. The topological polar surface area (TPSA) is 56.9 Å². The molecule has 1 aromatic carbocycles. The van der Waals surface area contributed by atoms with Crippen molar-refractivity contribution in [2.24, 2.45) is 0 Å². The summed E-state index contributed by atoms with van der Waals surface area (Å²) in [5, 5.41) is 9.61. The van der Waals surface area contributed by atoms with Crippen LogP contribution >= 0.6 is 11.6 Å². The first kappa shape index (κ1) is 13.8. The summed E-state index contributed by atoms with van der Waals surface area (Å²) in [6.45, 7) is 3.28. The summed E-state index contributed by atoms with van der Waals surface area (Å²) in [6.07, 6.45) is 0. The predicted molar refractivity (Wildman–Crippen MR) is 81.5 cm³/mol. The Balaban J connectivity index is 1.64. The molecule has 21 heavy (non-hydrogen) atoms. The molecule has 1 N–H and O–H groups in total. The fraction of sp³-hybridized carbons (Fsp3) is 0.267. The van der Waals surface area contributed by atoms with E-state index in [0.717, 1.165) is 36.9 Å². The van der Waals surface area contributed by atoms with Gasteiger partial charge in [-0.3, -0.25) is 0 Å². The molecule has 0 bridgehead atoms. The lowest BCUT2D eigenvalue weighted by atomic mass is 10.2. The maximum Gasteiger partial charge on any atom is 0.371 e. The van der Waals surface area contributed by atoms with Crippen LogP contribution in [0, 0.1) is 0 Å². The van der Waals surface area contributed by atoms with Crippen LogP contribution in [0.1, 0.15) is 10.6 Å². The van der Waals surface area contributed by atoms with Crippen molar-refractivity contribution < 1.29 is 14.3 Å². The van der Waals surface area contributed by atoms with Gasteiger partial charge < -0.3 is 19.3 Å². The molecule has 0 amide bonds. The number of piperazine rings is 1. The van der Waals surface area contributed by atoms with E-state index in [-0.39, 0.29) is 5.76 Å². The second kappa shape index (κ2) is 5.69. The number of aromatic carboxylic acids is 1. The van der Waals surface area contributed by atoms with Crippen molar-refractivity contribution in [3.8, 4) is 0 Å². The van der Waals surface area contributed by atoms with Gasteiger partial charge in [0.15, 0.2) is 5.88 Å². The molecule has 1 aromatic heterocycles. The van der Waals surface area contributed by atoms with Crippen LogP contribution in [0.5, 0.6) is 0 Å². The van der Waals surface area contributed by atoms with Gasteiger partial charge in [0.25, 0.3) is 0 Å². The molecule has 0 saturated carbocycles. The van der Waals surface area contributed by atoms with Gasteiger partial charge in [0.1, 0.15) is 0 Å². The van der Waals surface area contributed by atoms with E-state index >= 15 is 0 Å². The van der Waals surface area contributed by atoms with Crippen molar-refractivity contribution >= 4 is 29.1 Å². The van der Waals surface area contributed by atoms with E-state index < -0.39 is 5.97 Å². The molecule has 1 aliphatic rings. The summed E-state index contributed by atoms with van der Waals surface area (Å²) in [4.78, 5) is 15.2. The van der Waals surface area contributed by atoms with E-state index in [4.69, 9.17) is 21.1 Å². The fourth-order valence-electron chi connectivity index (χ4n) is 2.45. The van der Waals surface area contributed by atoms with Gasteiger partial charge in [-0.1, -0.05) is 11.6 Å². The summed E-state index contributed by atoms with van der Waals surface area (Å²) >= 11 is 5.89. The number of hydrogen-bond acceptors (Lipinski definition) is 4. The average Bonchev–Trinajstić information content (AvgIpc) is 2.98. The Morgan fingerprint density at radius 2 is 1.62 bits per heavy atom. The maximum atomic E-state index is 10.8. The van der Waals surface area contributed by atoms with Crippen LogP contribution < -0.4 is 9.80 Å². The van der Waals surface area contributed by atoms with Crippen LogP contribution in [-0.2, 0) is 0 Å². The van der Waals surface area contributed by atoms with Gasteiger partial charge in [0.05, 0.1) is 0 Å². The maximum absolute atomic E-state index is 10.8. The van der Waals surface area contributed by atoms with E-state index in [2.05, 4.69) is 9.80 Å². The van der Waals surface area contributed by atoms with Crippen LogP contribution in [0.15, 0.2) is 40.8 Å². The van der Waals surface area contributed by atoms with Crippen molar-refractivity contribution in [2.45, 2.75) is 0 Å². The van der Waals surface area contributed by atoms with Crippen LogP contribution in [0.4, 0.5) is 11.6 Å². The van der Waals surface area contributed by atoms with Gasteiger partial charge in [-0.15, -0.1) is 0 Å². The highest BCUT2D eigenvalue weighted by Gasteiger charge is 2.20. The number of anilines is 2. The van der Waals surface area contributed by atoms with E-state index in [1.54, 1.807) is 6.07 Å². The lowest BCUT2D eigenvalue weighted by molar-refractivity contribution is 0.0663. The number of nitrogens with zero attached hydrogens (tertiary/aromatic N) is 2. The van der Waals surface area contributed by atoms with Gasteiger partial charge >= 0.3 is 5.97 Å². The third-order valence-corrected chi connectivity index (χ3v) is 3.84. The van der Waals surface area contributed by atoms with Gasteiger partial charge in [0.2, 0.25) is 5.76 Å². The zero-order chi connectivity index (χ0) is 14.8. The van der Waals surface area contributed by atoms with Gasteiger partial charge in [0, 0.05) is 43.0 Å². The van der Waals surface area contributed by atoms with E-state index in [9.17, 15) is 4.79 Å². The zero-order valence-corrected chi connectivity index (χ0v) is 12.1. The SMILES string of the molecule is O=C(O)c1ccc(N2CCN(c3ccc(Cl)cc3)CC2)o1. The Hall–Kier alpha value is -2.14. The molecule has 3 rings (SSSR count). The smallest absolute Gasteiger partial charge is 0.371 e. The number of benzene rings is 1. The molecule has 5 nitrogen and oxygen atoms in total. The minimum atomic E-state index is -1.04. The summed E-state index contributed by atoms with van der Waals surface area (Å²) in [5.41, 5.74) is 1.14. The molecule has 0 atom stereocenters. The second-order valence-electron chi connectivity index (χ2n) is 4.89. The standard InChI is InChI=1S/C15H15ClN2O3/c16-11-1-3-12(4-2-11)17-7-9-18(10-8-17)14-6-5-13(21-14)15(19)20/h1-6H,7-10H2,(H,19,20). The molecule has 2 aromatic rings. The highest BCUT2D eigenvalue weighted by Crippen LogP contribution is 2.23.